The normalized spacial score (nSPS) is 14.2. The summed E-state index contributed by atoms with van der Waals surface area (Å²) in [4.78, 5) is 17.0. The molecule has 2 heterocycles. The van der Waals surface area contributed by atoms with Gasteiger partial charge in [0.15, 0.2) is 23.9 Å². The second-order valence-corrected chi connectivity index (χ2v) is 7.70. The summed E-state index contributed by atoms with van der Waals surface area (Å²) in [5.74, 6) is 1.24. The molecule has 1 aliphatic rings. The van der Waals surface area contributed by atoms with Crippen LogP contribution in [0.2, 0.25) is 0 Å². The van der Waals surface area contributed by atoms with Crippen molar-refractivity contribution in [3.63, 3.8) is 0 Å². The Bertz CT molecular complexity index is 1060. The van der Waals surface area contributed by atoms with Gasteiger partial charge in [0, 0.05) is 38.9 Å². The number of benzene rings is 2. The van der Waals surface area contributed by atoms with E-state index in [9.17, 15) is 9.18 Å². The van der Waals surface area contributed by atoms with Crippen molar-refractivity contribution >= 4 is 5.91 Å². The summed E-state index contributed by atoms with van der Waals surface area (Å²) in [6.07, 6.45) is 1.71. The lowest BCUT2D eigenvalue weighted by atomic mass is 10.2. The number of halogens is 1. The third-order valence-corrected chi connectivity index (χ3v) is 5.56. The number of ether oxygens (including phenoxy) is 3. The van der Waals surface area contributed by atoms with Crippen LogP contribution in [0.25, 0.3) is 0 Å². The zero-order chi connectivity index (χ0) is 23.2. The molecule has 0 aliphatic carbocycles. The summed E-state index contributed by atoms with van der Waals surface area (Å²) in [6.45, 7) is 3.57. The van der Waals surface area contributed by atoms with E-state index in [1.807, 2.05) is 6.07 Å². The van der Waals surface area contributed by atoms with Crippen molar-refractivity contribution < 1.29 is 23.4 Å². The summed E-state index contributed by atoms with van der Waals surface area (Å²) in [5, 5.41) is 4.38. The number of carbonyl (C=O) groups excluding carboxylic acids is 1. The van der Waals surface area contributed by atoms with Crippen LogP contribution >= 0.6 is 0 Å². The molecule has 174 valence electrons. The largest absolute Gasteiger partial charge is 0.493 e. The first-order chi connectivity index (χ1) is 16.1. The highest BCUT2D eigenvalue weighted by molar-refractivity contribution is 5.92. The van der Waals surface area contributed by atoms with Crippen molar-refractivity contribution in [2.45, 2.75) is 13.3 Å². The van der Waals surface area contributed by atoms with Crippen LogP contribution < -0.4 is 14.2 Å². The smallest absolute Gasteiger partial charge is 0.274 e. The average molecular weight is 455 g/mol. The second-order valence-electron chi connectivity index (χ2n) is 7.70. The molecule has 1 amide bonds. The van der Waals surface area contributed by atoms with E-state index in [2.05, 4.69) is 10.00 Å². The van der Waals surface area contributed by atoms with E-state index in [-0.39, 0.29) is 18.5 Å². The maximum Gasteiger partial charge on any atom is 0.274 e. The predicted molar refractivity (Wildman–Crippen MR) is 120 cm³/mol. The molecule has 0 saturated carbocycles. The van der Waals surface area contributed by atoms with Crippen molar-refractivity contribution in [1.29, 1.82) is 0 Å². The lowest BCUT2D eigenvalue weighted by Gasteiger charge is -2.34. The molecule has 1 saturated heterocycles. The Labute approximate surface area is 192 Å². The van der Waals surface area contributed by atoms with Crippen molar-refractivity contribution in [1.82, 2.24) is 19.6 Å². The Balaban J connectivity index is 1.31. The van der Waals surface area contributed by atoms with Gasteiger partial charge in [-0.05, 0) is 35.9 Å². The number of hydrogen-bond donors (Lipinski definition) is 0. The zero-order valence-corrected chi connectivity index (χ0v) is 18.7. The molecule has 1 aromatic heterocycles. The van der Waals surface area contributed by atoms with Crippen LogP contribution in [0.4, 0.5) is 4.39 Å². The zero-order valence-electron chi connectivity index (χ0n) is 18.7. The minimum absolute atomic E-state index is 0.106. The highest BCUT2D eigenvalue weighted by atomic mass is 19.1. The first-order valence-corrected chi connectivity index (χ1v) is 10.7. The monoisotopic (exact) mass is 454 g/mol. The Kier molecular flexibility index (Phi) is 7.09. The molecule has 1 fully saturated rings. The van der Waals surface area contributed by atoms with Gasteiger partial charge in [0.2, 0.25) is 5.75 Å². The van der Waals surface area contributed by atoms with Gasteiger partial charge in [-0.25, -0.2) is 9.07 Å². The summed E-state index contributed by atoms with van der Waals surface area (Å²) in [5.41, 5.74) is 1.43. The number of methoxy groups -OCH3 is 2. The van der Waals surface area contributed by atoms with Gasteiger partial charge in [-0.1, -0.05) is 18.2 Å². The summed E-state index contributed by atoms with van der Waals surface area (Å²) < 4.78 is 31.2. The number of carbonyl (C=O) groups is 1. The fourth-order valence-corrected chi connectivity index (χ4v) is 3.76. The van der Waals surface area contributed by atoms with Crippen LogP contribution in [0.5, 0.6) is 17.2 Å². The Hall–Kier alpha value is -3.59. The minimum atomic E-state index is -0.235. The van der Waals surface area contributed by atoms with Crippen LogP contribution in [0.15, 0.2) is 54.7 Å². The molecule has 33 heavy (non-hydrogen) atoms. The molecule has 0 spiro atoms. The fraction of sp³-hybridized carbons (Fsp3) is 0.333. The fourth-order valence-electron chi connectivity index (χ4n) is 3.76. The van der Waals surface area contributed by atoms with E-state index in [0.717, 1.165) is 25.2 Å². The van der Waals surface area contributed by atoms with Gasteiger partial charge in [0.05, 0.1) is 14.2 Å². The lowest BCUT2D eigenvalue weighted by molar-refractivity contribution is 0.0620. The first kappa shape index (κ1) is 22.6. The van der Waals surface area contributed by atoms with Crippen molar-refractivity contribution in [2.75, 3.05) is 40.4 Å². The van der Waals surface area contributed by atoms with E-state index >= 15 is 0 Å². The van der Waals surface area contributed by atoms with Crippen LogP contribution in [-0.2, 0) is 13.3 Å². The summed E-state index contributed by atoms with van der Waals surface area (Å²) in [7, 11) is 3.12. The number of nitrogens with zero attached hydrogens (tertiary/aromatic N) is 4. The van der Waals surface area contributed by atoms with Crippen molar-refractivity contribution in [2.24, 2.45) is 0 Å². The van der Waals surface area contributed by atoms with Crippen molar-refractivity contribution in [3.8, 4) is 17.2 Å². The molecule has 3 aromatic rings. The molecule has 0 radical (unpaired) electrons. The van der Waals surface area contributed by atoms with Gasteiger partial charge in [-0.2, -0.15) is 5.10 Å². The average Bonchev–Trinajstić information content (AvgIpc) is 3.33. The van der Waals surface area contributed by atoms with Gasteiger partial charge in [0.1, 0.15) is 5.82 Å². The topological polar surface area (TPSA) is 69.1 Å². The maximum atomic E-state index is 13.1. The number of piperazine rings is 1. The van der Waals surface area contributed by atoms with Gasteiger partial charge in [-0.3, -0.25) is 9.69 Å². The number of hydrogen-bond acceptors (Lipinski definition) is 6. The van der Waals surface area contributed by atoms with Crippen LogP contribution in [0, 0.1) is 5.82 Å². The summed E-state index contributed by atoms with van der Waals surface area (Å²) in [6, 6.07) is 13.6. The van der Waals surface area contributed by atoms with E-state index in [4.69, 9.17) is 14.2 Å². The SMILES string of the molecule is COc1cccc(OC)c1OCn1ccc(C(=O)N2CCN(Cc3ccc(F)cc3)CC2)n1. The third kappa shape index (κ3) is 5.43. The second kappa shape index (κ2) is 10.4. The Morgan fingerprint density at radius 3 is 2.27 bits per heavy atom. The summed E-state index contributed by atoms with van der Waals surface area (Å²) >= 11 is 0. The molecule has 0 bridgehead atoms. The molecule has 8 nitrogen and oxygen atoms in total. The number of rotatable bonds is 8. The Morgan fingerprint density at radius 2 is 1.64 bits per heavy atom. The van der Waals surface area contributed by atoms with Crippen LogP contribution in [0.3, 0.4) is 0 Å². The van der Waals surface area contributed by atoms with Crippen LogP contribution in [-0.4, -0.2) is 65.9 Å². The standard InChI is InChI=1S/C24H27FN4O4/c1-31-21-4-3-5-22(32-2)23(21)33-17-29-11-10-20(26-29)24(30)28-14-12-27(13-15-28)16-18-6-8-19(25)9-7-18/h3-11H,12-17H2,1-2H3. The van der Waals surface area contributed by atoms with Gasteiger partial charge >= 0.3 is 0 Å². The van der Waals surface area contributed by atoms with E-state index < -0.39 is 0 Å². The highest BCUT2D eigenvalue weighted by Gasteiger charge is 2.24. The molecular formula is C24H27FN4O4. The quantitative estimate of drug-likeness (QED) is 0.521. The molecule has 1 aliphatic heterocycles. The van der Waals surface area contributed by atoms with Gasteiger partial charge in [0.25, 0.3) is 5.91 Å². The first-order valence-electron chi connectivity index (χ1n) is 10.7. The molecule has 0 N–H and O–H groups in total. The van der Waals surface area contributed by atoms with Crippen LogP contribution in [0.1, 0.15) is 16.1 Å². The maximum absolute atomic E-state index is 13.1. The number of aromatic nitrogens is 2. The molecule has 2 aromatic carbocycles. The Morgan fingerprint density at radius 1 is 0.970 bits per heavy atom. The highest BCUT2D eigenvalue weighted by Crippen LogP contribution is 2.36. The minimum Gasteiger partial charge on any atom is -0.493 e. The van der Waals surface area contributed by atoms with Crippen molar-refractivity contribution in [3.05, 3.63) is 71.8 Å². The van der Waals surface area contributed by atoms with E-state index in [1.54, 1.807) is 60.3 Å². The van der Waals surface area contributed by atoms with Gasteiger partial charge in [-0.15, -0.1) is 0 Å². The number of amides is 1. The lowest BCUT2D eigenvalue weighted by Crippen LogP contribution is -2.48. The predicted octanol–water partition coefficient (Wildman–Crippen LogP) is 3.03. The number of para-hydroxylation sites is 1. The third-order valence-electron chi connectivity index (χ3n) is 5.56. The van der Waals surface area contributed by atoms with Gasteiger partial charge < -0.3 is 19.1 Å². The molecule has 4 rings (SSSR count). The molecule has 0 atom stereocenters. The molecular weight excluding hydrogens is 427 g/mol. The van der Waals surface area contributed by atoms with E-state index in [1.165, 1.54) is 12.1 Å². The van der Waals surface area contributed by atoms with E-state index in [0.29, 0.717) is 36.0 Å². The molecule has 0 unspecified atom stereocenters. The molecule has 9 heteroatoms.